The Balaban J connectivity index is 1.51. The molecule has 126 valence electrons. The highest BCUT2D eigenvalue weighted by Gasteiger charge is 2.53. The molecule has 2 aliphatic heterocycles. The summed E-state index contributed by atoms with van der Waals surface area (Å²) in [5.74, 6) is 1.05. The number of carbonyl (C=O) groups is 1. The monoisotopic (exact) mass is 310 g/mol. The predicted molar refractivity (Wildman–Crippen MR) is 84.4 cm³/mol. The highest BCUT2D eigenvalue weighted by Crippen LogP contribution is 2.41. The summed E-state index contributed by atoms with van der Waals surface area (Å²) < 4.78 is 0. The third-order valence-corrected chi connectivity index (χ3v) is 5.77. The molecule has 2 heterocycles. The second-order valence-corrected chi connectivity index (χ2v) is 7.65. The maximum atomic E-state index is 12.7. The van der Waals surface area contributed by atoms with E-state index >= 15 is 0 Å². The molecule has 3 aliphatic rings. The molecule has 1 aliphatic carbocycles. The van der Waals surface area contributed by atoms with Gasteiger partial charge in [-0.1, -0.05) is 19.3 Å². The Morgan fingerprint density at radius 1 is 1.18 bits per heavy atom. The molecule has 0 radical (unpaired) electrons. The second kappa shape index (κ2) is 6.85. The van der Waals surface area contributed by atoms with Gasteiger partial charge >= 0.3 is 0 Å². The number of hydrogen-bond donors (Lipinski definition) is 2. The first-order chi connectivity index (χ1) is 10.6. The maximum absolute atomic E-state index is 12.7. The largest absolute Gasteiger partial charge is 0.394 e. The van der Waals surface area contributed by atoms with E-state index in [9.17, 15) is 9.90 Å². The zero-order chi connectivity index (χ0) is 15.6. The first-order valence-corrected chi connectivity index (χ1v) is 8.94. The molecule has 0 unspecified atom stereocenters. The molecule has 2 N–H and O–H groups in total. The number of hydrogen-bond acceptors (Lipinski definition) is 4. The Kier molecular flexibility index (Phi) is 5.05. The van der Waals surface area contributed by atoms with E-state index in [1.807, 2.05) is 0 Å². The summed E-state index contributed by atoms with van der Waals surface area (Å²) >= 11 is 0. The molecular formula is C17H30N2O3. The minimum Gasteiger partial charge on any atom is -0.394 e. The highest BCUT2D eigenvalue weighted by molar-refractivity contribution is 5.89. The van der Waals surface area contributed by atoms with Gasteiger partial charge in [0.15, 0.2) is 0 Å². The highest BCUT2D eigenvalue weighted by atomic mass is 16.3. The molecule has 0 bridgehead atoms. The Labute approximate surface area is 133 Å². The van der Waals surface area contributed by atoms with Gasteiger partial charge in [0, 0.05) is 26.2 Å². The average Bonchev–Trinajstić information content (AvgIpc) is 2.55. The van der Waals surface area contributed by atoms with Gasteiger partial charge in [0.1, 0.15) is 0 Å². The SMILES string of the molecule is O=C1N(CC2CCCCC2)C[C@@]12CCCN(C[C@H](O)CO)C2. The molecule has 3 rings (SSSR count). The number of β-lactam (4-membered cyclic amide) rings is 1. The lowest BCUT2D eigenvalue weighted by atomic mass is 9.71. The van der Waals surface area contributed by atoms with Crippen molar-refractivity contribution < 1.29 is 15.0 Å². The molecular weight excluding hydrogens is 280 g/mol. The van der Waals surface area contributed by atoms with Gasteiger partial charge in [-0.2, -0.15) is 0 Å². The molecule has 5 heteroatoms. The van der Waals surface area contributed by atoms with E-state index in [0.29, 0.717) is 18.4 Å². The van der Waals surface area contributed by atoms with Crippen LogP contribution in [-0.2, 0) is 4.79 Å². The first kappa shape index (κ1) is 16.2. The van der Waals surface area contributed by atoms with Crippen molar-refractivity contribution in [1.82, 2.24) is 9.80 Å². The van der Waals surface area contributed by atoms with Gasteiger partial charge in [-0.15, -0.1) is 0 Å². The summed E-state index contributed by atoms with van der Waals surface area (Å²) in [5.41, 5.74) is -0.192. The molecule has 1 spiro atoms. The van der Waals surface area contributed by atoms with Gasteiger partial charge < -0.3 is 15.1 Å². The fourth-order valence-electron chi connectivity index (χ4n) is 4.62. The van der Waals surface area contributed by atoms with E-state index in [2.05, 4.69) is 9.80 Å². The van der Waals surface area contributed by atoms with Gasteiger partial charge in [-0.3, -0.25) is 9.69 Å². The van der Waals surface area contributed by atoms with Crippen LogP contribution in [0.1, 0.15) is 44.9 Å². The first-order valence-electron chi connectivity index (χ1n) is 8.94. The quantitative estimate of drug-likeness (QED) is 0.739. The molecule has 0 aromatic carbocycles. The predicted octanol–water partition coefficient (Wildman–Crippen LogP) is 0.844. The Bertz CT molecular complexity index is 397. The Hall–Kier alpha value is -0.650. The van der Waals surface area contributed by atoms with E-state index < -0.39 is 6.10 Å². The number of nitrogens with zero attached hydrogens (tertiary/aromatic N) is 2. The van der Waals surface area contributed by atoms with Crippen molar-refractivity contribution in [3.05, 3.63) is 0 Å². The number of amides is 1. The summed E-state index contributed by atoms with van der Waals surface area (Å²) in [4.78, 5) is 16.9. The smallest absolute Gasteiger partial charge is 0.231 e. The summed E-state index contributed by atoms with van der Waals surface area (Å²) in [6, 6.07) is 0. The fraction of sp³-hybridized carbons (Fsp3) is 0.941. The normalized spacial score (nSPS) is 32.3. The minimum absolute atomic E-state index is 0.192. The topological polar surface area (TPSA) is 64.0 Å². The van der Waals surface area contributed by atoms with E-state index in [1.54, 1.807) is 0 Å². The third kappa shape index (κ3) is 3.31. The molecule has 2 atom stereocenters. The van der Waals surface area contributed by atoms with Crippen molar-refractivity contribution in [2.24, 2.45) is 11.3 Å². The van der Waals surface area contributed by atoms with Crippen LogP contribution >= 0.6 is 0 Å². The summed E-state index contributed by atoms with van der Waals surface area (Å²) in [7, 11) is 0. The van der Waals surface area contributed by atoms with Crippen LogP contribution in [0.15, 0.2) is 0 Å². The van der Waals surface area contributed by atoms with Crippen LogP contribution in [0.5, 0.6) is 0 Å². The lowest BCUT2D eigenvalue weighted by Gasteiger charge is -2.54. The van der Waals surface area contributed by atoms with Crippen LogP contribution in [0.3, 0.4) is 0 Å². The zero-order valence-electron chi connectivity index (χ0n) is 13.5. The molecule has 5 nitrogen and oxygen atoms in total. The van der Waals surface area contributed by atoms with Crippen molar-refractivity contribution in [3.63, 3.8) is 0 Å². The summed E-state index contributed by atoms with van der Waals surface area (Å²) in [6.45, 7) is 3.81. The van der Waals surface area contributed by atoms with Gasteiger partial charge in [0.25, 0.3) is 0 Å². The summed E-state index contributed by atoms with van der Waals surface area (Å²) in [6.07, 6.45) is 7.88. The van der Waals surface area contributed by atoms with Crippen molar-refractivity contribution in [3.8, 4) is 0 Å². The van der Waals surface area contributed by atoms with Gasteiger partial charge in [0.05, 0.1) is 18.1 Å². The summed E-state index contributed by atoms with van der Waals surface area (Å²) in [5, 5.41) is 18.6. The molecule has 22 heavy (non-hydrogen) atoms. The Morgan fingerprint density at radius 2 is 1.95 bits per heavy atom. The van der Waals surface area contributed by atoms with Crippen LogP contribution in [0.4, 0.5) is 0 Å². The van der Waals surface area contributed by atoms with E-state index in [0.717, 1.165) is 39.0 Å². The van der Waals surface area contributed by atoms with Crippen LogP contribution in [-0.4, -0.2) is 71.4 Å². The molecule has 2 saturated heterocycles. The van der Waals surface area contributed by atoms with Crippen LogP contribution in [0, 0.1) is 11.3 Å². The van der Waals surface area contributed by atoms with Gasteiger partial charge in [-0.05, 0) is 38.1 Å². The van der Waals surface area contributed by atoms with Crippen molar-refractivity contribution >= 4 is 5.91 Å². The molecule has 0 aromatic heterocycles. The number of β-amino-alcohol motifs (C(OH)–C–C–N with tert-alkyl or cyclic N) is 1. The maximum Gasteiger partial charge on any atom is 0.231 e. The second-order valence-electron chi connectivity index (χ2n) is 7.65. The molecule has 3 fully saturated rings. The molecule has 0 aromatic rings. The lowest BCUT2D eigenvalue weighted by Crippen LogP contribution is -2.67. The lowest BCUT2D eigenvalue weighted by molar-refractivity contribution is -0.168. The van der Waals surface area contributed by atoms with Gasteiger partial charge in [0.2, 0.25) is 5.91 Å². The van der Waals surface area contributed by atoms with E-state index in [-0.39, 0.29) is 12.0 Å². The number of piperidine rings is 1. The number of likely N-dealkylation sites (tertiary alicyclic amines) is 2. The molecule has 1 amide bonds. The van der Waals surface area contributed by atoms with Gasteiger partial charge in [-0.25, -0.2) is 0 Å². The molecule has 1 saturated carbocycles. The van der Waals surface area contributed by atoms with Crippen molar-refractivity contribution in [2.45, 2.75) is 51.0 Å². The Morgan fingerprint density at radius 3 is 2.64 bits per heavy atom. The van der Waals surface area contributed by atoms with Crippen molar-refractivity contribution in [1.29, 1.82) is 0 Å². The number of aliphatic hydroxyl groups excluding tert-OH is 2. The van der Waals surface area contributed by atoms with Crippen LogP contribution < -0.4 is 0 Å². The minimum atomic E-state index is -0.691. The third-order valence-electron chi connectivity index (χ3n) is 5.77. The van der Waals surface area contributed by atoms with E-state index in [4.69, 9.17) is 5.11 Å². The van der Waals surface area contributed by atoms with Crippen LogP contribution in [0.2, 0.25) is 0 Å². The average molecular weight is 310 g/mol. The van der Waals surface area contributed by atoms with Crippen LogP contribution in [0.25, 0.3) is 0 Å². The van der Waals surface area contributed by atoms with E-state index in [1.165, 1.54) is 32.1 Å². The van der Waals surface area contributed by atoms with Crippen molar-refractivity contribution in [2.75, 3.05) is 39.3 Å². The number of aliphatic hydroxyl groups is 2. The number of carbonyl (C=O) groups excluding carboxylic acids is 1. The standard InChI is InChI=1S/C17H30N2O3/c20-11-15(21)10-18-8-4-7-17(12-18)13-19(16(17)22)9-14-5-2-1-3-6-14/h14-15,20-21H,1-13H2/t15-,17-/m0/s1. The fourth-order valence-corrected chi connectivity index (χ4v) is 4.62. The zero-order valence-corrected chi connectivity index (χ0v) is 13.5. The number of rotatable bonds is 5.